The first-order valence-electron chi connectivity index (χ1n) is 14.9. The van der Waals surface area contributed by atoms with Crippen molar-refractivity contribution in [2.24, 2.45) is 0 Å². The molecule has 0 radical (unpaired) electrons. The topological polar surface area (TPSA) is 53.0 Å². The third-order valence-corrected chi connectivity index (χ3v) is 7.58. The van der Waals surface area contributed by atoms with Crippen molar-refractivity contribution >= 4 is 5.97 Å². The Morgan fingerprint density at radius 2 is 0.952 bits per heavy atom. The van der Waals surface area contributed by atoms with Gasteiger partial charge in [0, 0.05) is 39.3 Å². The number of aliphatic hydroxyl groups is 1. The van der Waals surface area contributed by atoms with E-state index in [-0.39, 0.29) is 11.6 Å². The molecule has 1 aliphatic rings. The predicted molar refractivity (Wildman–Crippen MR) is 169 cm³/mol. The average Bonchev–Trinajstić information content (AvgIpc) is 3.78. The van der Waals surface area contributed by atoms with Crippen molar-refractivity contribution in [1.82, 2.24) is 9.80 Å². The first-order chi connectivity index (χ1) is 20.5. The molecule has 4 aromatic carbocycles. The van der Waals surface area contributed by atoms with Gasteiger partial charge in [0.25, 0.3) is 0 Å². The molecule has 4 aromatic rings. The molecule has 0 spiro atoms. The van der Waals surface area contributed by atoms with Crippen molar-refractivity contribution in [3.63, 3.8) is 0 Å². The molecular weight excluding hydrogens is 520 g/mol. The summed E-state index contributed by atoms with van der Waals surface area (Å²) < 4.78 is 4.74. The molecular formula is C37H44N2O3. The summed E-state index contributed by atoms with van der Waals surface area (Å²) in [6.45, 7) is 5.16. The first kappa shape index (κ1) is 31.2. The highest BCUT2D eigenvalue weighted by atomic mass is 16.5. The van der Waals surface area contributed by atoms with E-state index in [4.69, 9.17) is 4.74 Å². The van der Waals surface area contributed by atoms with Gasteiger partial charge in [-0.3, -0.25) is 14.6 Å². The highest BCUT2D eigenvalue weighted by molar-refractivity contribution is 5.69. The van der Waals surface area contributed by atoms with Gasteiger partial charge in [-0.15, -0.1) is 0 Å². The number of hydrogen-bond acceptors (Lipinski definition) is 5. The lowest BCUT2D eigenvalue weighted by Gasteiger charge is -2.24. The molecule has 0 aliphatic heterocycles. The van der Waals surface area contributed by atoms with Crippen LogP contribution in [0.25, 0.3) is 0 Å². The van der Waals surface area contributed by atoms with Crippen LogP contribution in [0.1, 0.15) is 47.9 Å². The molecule has 5 nitrogen and oxygen atoms in total. The third-order valence-electron chi connectivity index (χ3n) is 7.58. The minimum absolute atomic E-state index is 0.166. The van der Waals surface area contributed by atoms with E-state index < -0.39 is 0 Å². The second-order valence-corrected chi connectivity index (χ2v) is 11.2. The molecule has 0 heterocycles. The van der Waals surface area contributed by atoms with Crippen LogP contribution in [0.5, 0.6) is 0 Å². The van der Waals surface area contributed by atoms with E-state index in [0.29, 0.717) is 13.0 Å². The van der Waals surface area contributed by atoms with E-state index in [2.05, 4.69) is 94.7 Å². The van der Waals surface area contributed by atoms with Crippen molar-refractivity contribution in [3.8, 4) is 0 Å². The van der Waals surface area contributed by atoms with E-state index >= 15 is 0 Å². The third kappa shape index (κ3) is 11.6. The molecule has 5 rings (SSSR count). The Kier molecular flexibility index (Phi) is 12.3. The van der Waals surface area contributed by atoms with Crippen molar-refractivity contribution in [1.29, 1.82) is 0 Å². The molecule has 42 heavy (non-hydrogen) atoms. The van der Waals surface area contributed by atoms with Crippen LogP contribution >= 0.6 is 0 Å². The molecule has 1 saturated carbocycles. The molecule has 1 fully saturated rings. The lowest BCUT2D eigenvalue weighted by molar-refractivity contribution is -0.141. The van der Waals surface area contributed by atoms with E-state index in [1.54, 1.807) is 0 Å². The second kappa shape index (κ2) is 16.6. The van der Waals surface area contributed by atoms with Crippen LogP contribution in [-0.2, 0) is 35.7 Å². The van der Waals surface area contributed by atoms with Gasteiger partial charge in [-0.05, 0) is 41.5 Å². The monoisotopic (exact) mass is 564 g/mol. The smallest absolute Gasteiger partial charge is 0.306 e. The SMILES string of the molecule is COC(=O)CCN(Cc1ccccc1)Cc1ccccc1.OC1(CCN(Cc2ccccc2)Cc2ccccc2)CC1. The molecule has 0 amide bonds. The van der Waals surface area contributed by atoms with Crippen molar-refractivity contribution in [2.45, 2.75) is 57.5 Å². The lowest BCUT2D eigenvalue weighted by Crippen LogP contribution is -2.27. The maximum absolute atomic E-state index is 11.4. The fraction of sp³-hybridized carbons (Fsp3) is 0.324. The Morgan fingerprint density at radius 1 is 0.619 bits per heavy atom. The number of benzene rings is 4. The van der Waals surface area contributed by atoms with E-state index in [0.717, 1.165) is 52.0 Å². The van der Waals surface area contributed by atoms with Crippen LogP contribution in [0.15, 0.2) is 121 Å². The first-order valence-corrected chi connectivity index (χ1v) is 14.9. The predicted octanol–water partition coefficient (Wildman–Crippen LogP) is 6.86. The molecule has 1 N–H and O–H groups in total. The van der Waals surface area contributed by atoms with Gasteiger partial charge in [-0.25, -0.2) is 0 Å². The van der Waals surface area contributed by atoms with Gasteiger partial charge in [-0.1, -0.05) is 121 Å². The van der Waals surface area contributed by atoms with Crippen LogP contribution in [0.2, 0.25) is 0 Å². The molecule has 0 atom stereocenters. The van der Waals surface area contributed by atoms with E-state index in [1.807, 2.05) is 36.4 Å². The summed E-state index contributed by atoms with van der Waals surface area (Å²) in [6.07, 6.45) is 3.23. The van der Waals surface area contributed by atoms with Gasteiger partial charge in [0.2, 0.25) is 0 Å². The maximum atomic E-state index is 11.4. The zero-order valence-corrected chi connectivity index (χ0v) is 24.8. The van der Waals surface area contributed by atoms with Gasteiger partial charge in [0.15, 0.2) is 0 Å². The highest BCUT2D eigenvalue weighted by Gasteiger charge is 2.39. The van der Waals surface area contributed by atoms with Crippen LogP contribution in [0.4, 0.5) is 0 Å². The summed E-state index contributed by atoms with van der Waals surface area (Å²) in [5.41, 5.74) is 4.79. The number of ether oxygens (including phenoxy) is 1. The quantitative estimate of drug-likeness (QED) is 0.170. The Morgan fingerprint density at radius 3 is 1.26 bits per heavy atom. The number of esters is 1. The van der Waals surface area contributed by atoms with E-state index in [1.165, 1.54) is 29.4 Å². The molecule has 5 heteroatoms. The van der Waals surface area contributed by atoms with Crippen molar-refractivity contribution in [2.75, 3.05) is 20.2 Å². The summed E-state index contributed by atoms with van der Waals surface area (Å²) in [7, 11) is 1.43. The number of carbonyl (C=O) groups excluding carboxylic acids is 1. The lowest BCUT2D eigenvalue weighted by atomic mass is 10.1. The number of rotatable bonds is 14. The number of methoxy groups -OCH3 is 1. The van der Waals surface area contributed by atoms with Crippen LogP contribution in [-0.4, -0.2) is 46.7 Å². The fourth-order valence-electron chi connectivity index (χ4n) is 4.91. The highest BCUT2D eigenvalue weighted by Crippen LogP contribution is 2.38. The number of hydrogen-bond donors (Lipinski definition) is 1. The summed E-state index contributed by atoms with van der Waals surface area (Å²) >= 11 is 0. The summed E-state index contributed by atoms with van der Waals surface area (Å²) in [6, 6.07) is 41.7. The molecule has 0 unspecified atom stereocenters. The van der Waals surface area contributed by atoms with Crippen LogP contribution in [0.3, 0.4) is 0 Å². The van der Waals surface area contributed by atoms with Gasteiger partial charge >= 0.3 is 5.97 Å². The van der Waals surface area contributed by atoms with Crippen molar-refractivity contribution in [3.05, 3.63) is 144 Å². The Bertz CT molecular complexity index is 1210. The maximum Gasteiger partial charge on any atom is 0.306 e. The second-order valence-electron chi connectivity index (χ2n) is 11.2. The van der Waals surface area contributed by atoms with Gasteiger partial charge in [-0.2, -0.15) is 0 Å². The Labute approximate surface area is 251 Å². The molecule has 0 saturated heterocycles. The molecule has 1 aliphatic carbocycles. The van der Waals surface area contributed by atoms with Gasteiger partial charge in [0.1, 0.15) is 0 Å². The molecule has 0 bridgehead atoms. The molecule has 220 valence electrons. The number of carbonyl (C=O) groups is 1. The number of nitrogens with zero attached hydrogens (tertiary/aromatic N) is 2. The van der Waals surface area contributed by atoms with E-state index in [9.17, 15) is 9.90 Å². The largest absolute Gasteiger partial charge is 0.469 e. The summed E-state index contributed by atoms with van der Waals surface area (Å²) in [4.78, 5) is 16.1. The zero-order valence-electron chi connectivity index (χ0n) is 24.8. The Balaban J connectivity index is 0.000000193. The standard InChI is InChI=1S/C19H23NO.C18H21NO2/c21-19(11-12-19)13-14-20(15-17-7-3-1-4-8-17)16-18-9-5-2-6-10-18;1-21-18(20)12-13-19(14-16-8-4-2-5-9-16)15-17-10-6-3-7-11-17/h1-10,21H,11-16H2;2-11H,12-15H2,1H3. The van der Waals surface area contributed by atoms with Crippen LogP contribution < -0.4 is 0 Å². The van der Waals surface area contributed by atoms with Crippen molar-refractivity contribution < 1.29 is 14.6 Å². The summed E-state index contributed by atoms with van der Waals surface area (Å²) in [5.74, 6) is -0.166. The van der Waals surface area contributed by atoms with Crippen LogP contribution in [0, 0.1) is 0 Å². The Hall–Kier alpha value is -3.77. The van der Waals surface area contributed by atoms with Gasteiger partial charge in [0.05, 0.1) is 19.1 Å². The minimum Gasteiger partial charge on any atom is -0.469 e. The van der Waals surface area contributed by atoms with Gasteiger partial charge < -0.3 is 9.84 Å². The normalized spacial score (nSPS) is 13.3. The zero-order chi connectivity index (χ0) is 29.5. The molecule has 0 aromatic heterocycles. The fourth-order valence-corrected chi connectivity index (χ4v) is 4.91. The average molecular weight is 565 g/mol. The summed E-state index contributed by atoms with van der Waals surface area (Å²) in [5, 5.41) is 10.1. The minimum atomic E-state index is -0.369.